The number of carboxylic acid groups (broad SMARTS) is 1. The van der Waals surface area contributed by atoms with Gasteiger partial charge in [0.05, 0.1) is 0 Å². The average molecular weight is 176 g/mol. The van der Waals surface area contributed by atoms with Crippen LogP contribution in [0.25, 0.3) is 0 Å². The highest BCUT2D eigenvalue weighted by Gasteiger charge is 2.32. The summed E-state index contributed by atoms with van der Waals surface area (Å²) in [6.07, 6.45) is 0.896. The van der Waals surface area contributed by atoms with Crippen LogP contribution >= 0.6 is 0 Å². The summed E-state index contributed by atoms with van der Waals surface area (Å²) < 4.78 is 0. The van der Waals surface area contributed by atoms with E-state index < -0.39 is 11.5 Å². The van der Waals surface area contributed by atoms with Gasteiger partial charge < -0.3 is 16.6 Å². The van der Waals surface area contributed by atoms with E-state index in [-0.39, 0.29) is 6.54 Å². The van der Waals surface area contributed by atoms with E-state index in [0.29, 0.717) is 19.4 Å². The van der Waals surface area contributed by atoms with Crippen molar-refractivity contribution in [1.82, 2.24) is 5.43 Å². The molecule has 12 heavy (non-hydrogen) atoms. The van der Waals surface area contributed by atoms with E-state index >= 15 is 0 Å². The van der Waals surface area contributed by atoms with E-state index in [4.69, 9.17) is 22.4 Å². The number of aliphatic carboxylic acids is 1. The lowest BCUT2D eigenvalue weighted by Gasteiger charge is -2.23. The highest BCUT2D eigenvalue weighted by molar-refractivity contribution is 5.78. The molecule has 0 aromatic rings. The standard InChI is InChI=1S/C6H16N4O2/c7-3-1-2-6(8,4-10-9)5(11)12/h10H,1-4,7-9H2,(H,11,12). The van der Waals surface area contributed by atoms with Crippen LogP contribution in [0.2, 0.25) is 0 Å². The van der Waals surface area contributed by atoms with Crippen LogP contribution in [0.5, 0.6) is 0 Å². The van der Waals surface area contributed by atoms with Crippen molar-refractivity contribution in [1.29, 1.82) is 0 Å². The molecule has 0 saturated heterocycles. The van der Waals surface area contributed by atoms with Gasteiger partial charge in [-0.3, -0.25) is 16.1 Å². The average Bonchev–Trinajstić information content (AvgIpc) is 2.01. The smallest absolute Gasteiger partial charge is 0.325 e. The number of carbonyl (C=O) groups is 1. The number of rotatable bonds is 6. The number of nitrogens with one attached hydrogen (secondary N) is 1. The van der Waals surface area contributed by atoms with Crippen molar-refractivity contribution < 1.29 is 9.90 Å². The SMILES string of the molecule is NCCCC(N)(CNN)C(=O)O. The predicted octanol–water partition coefficient (Wildman–Crippen LogP) is -2.03. The largest absolute Gasteiger partial charge is 0.480 e. The molecule has 0 fully saturated rings. The molecule has 8 N–H and O–H groups in total. The van der Waals surface area contributed by atoms with Crippen molar-refractivity contribution in [3.63, 3.8) is 0 Å². The van der Waals surface area contributed by atoms with E-state index in [1.165, 1.54) is 0 Å². The van der Waals surface area contributed by atoms with E-state index in [1.54, 1.807) is 0 Å². The van der Waals surface area contributed by atoms with Gasteiger partial charge in [0.2, 0.25) is 0 Å². The maximum atomic E-state index is 10.7. The fourth-order valence-electron chi connectivity index (χ4n) is 0.871. The van der Waals surface area contributed by atoms with Gasteiger partial charge in [-0.2, -0.15) is 0 Å². The molecular formula is C6H16N4O2. The first-order chi connectivity index (χ1) is 5.56. The molecular weight excluding hydrogens is 160 g/mol. The molecule has 6 nitrogen and oxygen atoms in total. The summed E-state index contributed by atoms with van der Waals surface area (Å²) >= 11 is 0. The maximum Gasteiger partial charge on any atom is 0.325 e. The molecule has 1 atom stereocenters. The predicted molar refractivity (Wildman–Crippen MR) is 45.0 cm³/mol. The molecule has 6 heteroatoms. The highest BCUT2D eigenvalue weighted by atomic mass is 16.4. The molecule has 0 rings (SSSR count). The zero-order chi connectivity index (χ0) is 9.61. The minimum Gasteiger partial charge on any atom is -0.480 e. The van der Waals surface area contributed by atoms with Crippen molar-refractivity contribution in [2.45, 2.75) is 18.4 Å². The Hall–Kier alpha value is -0.690. The summed E-state index contributed by atoms with van der Waals surface area (Å²) in [5, 5.41) is 8.73. The van der Waals surface area contributed by atoms with Crippen molar-refractivity contribution in [3.8, 4) is 0 Å². The van der Waals surface area contributed by atoms with Crippen LogP contribution < -0.4 is 22.7 Å². The van der Waals surface area contributed by atoms with E-state index in [0.717, 1.165) is 0 Å². The van der Waals surface area contributed by atoms with Crippen LogP contribution in [0.1, 0.15) is 12.8 Å². The van der Waals surface area contributed by atoms with Crippen molar-refractivity contribution >= 4 is 5.97 Å². The zero-order valence-electron chi connectivity index (χ0n) is 6.92. The molecule has 0 aliphatic rings. The lowest BCUT2D eigenvalue weighted by molar-refractivity contribution is -0.143. The van der Waals surface area contributed by atoms with Crippen molar-refractivity contribution in [2.24, 2.45) is 17.3 Å². The Morgan fingerprint density at radius 3 is 2.50 bits per heavy atom. The fourth-order valence-corrected chi connectivity index (χ4v) is 0.871. The van der Waals surface area contributed by atoms with Gasteiger partial charge in [-0.05, 0) is 19.4 Å². The van der Waals surface area contributed by atoms with Gasteiger partial charge in [-0.25, -0.2) is 0 Å². The second kappa shape index (κ2) is 5.04. The highest BCUT2D eigenvalue weighted by Crippen LogP contribution is 2.07. The second-order valence-corrected chi connectivity index (χ2v) is 2.73. The lowest BCUT2D eigenvalue weighted by Crippen LogP contribution is -2.56. The summed E-state index contributed by atoms with van der Waals surface area (Å²) in [4.78, 5) is 10.7. The minimum absolute atomic E-state index is 0.0440. The maximum absolute atomic E-state index is 10.7. The molecule has 72 valence electrons. The van der Waals surface area contributed by atoms with Crippen molar-refractivity contribution in [3.05, 3.63) is 0 Å². The number of carboxylic acids is 1. The molecule has 0 spiro atoms. The molecule has 1 unspecified atom stereocenters. The van der Waals surface area contributed by atoms with Gasteiger partial charge in [0.25, 0.3) is 0 Å². The van der Waals surface area contributed by atoms with E-state index in [1.807, 2.05) is 0 Å². The van der Waals surface area contributed by atoms with E-state index in [9.17, 15) is 4.79 Å². The fraction of sp³-hybridized carbons (Fsp3) is 0.833. The molecule has 0 bridgehead atoms. The van der Waals surface area contributed by atoms with Crippen LogP contribution in [0.3, 0.4) is 0 Å². The first-order valence-corrected chi connectivity index (χ1v) is 3.72. The van der Waals surface area contributed by atoms with Crippen LogP contribution in [0.15, 0.2) is 0 Å². The molecule has 0 aliphatic heterocycles. The topological polar surface area (TPSA) is 127 Å². The summed E-state index contributed by atoms with van der Waals surface area (Å²) in [6, 6.07) is 0. The molecule has 0 radical (unpaired) electrons. The Bertz CT molecular complexity index is 152. The van der Waals surface area contributed by atoms with Gasteiger partial charge in [-0.15, -0.1) is 0 Å². The molecule has 0 heterocycles. The Kier molecular flexibility index (Phi) is 4.75. The molecule has 0 aromatic carbocycles. The number of hydrogen-bond donors (Lipinski definition) is 5. The second-order valence-electron chi connectivity index (χ2n) is 2.73. The van der Waals surface area contributed by atoms with Crippen molar-refractivity contribution in [2.75, 3.05) is 13.1 Å². The third-order valence-electron chi connectivity index (χ3n) is 1.67. The van der Waals surface area contributed by atoms with Gasteiger partial charge in [-0.1, -0.05) is 0 Å². The monoisotopic (exact) mass is 176 g/mol. The molecule has 0 saturated carbocycles. The van der Waals surface area contributed by atoms with Crippen LogP contribution in [0.4, 0.5) is 0 Å². The summed E-state index contributed by atoms with van der Waals surface area (Å²) in [6.45, 7) is 0.471. The Morgan fingerprint density at radius 1 is 1.58 bits per heavy atom. The summed E-state index contributed by atoms with van der Waals surface area (Å²) in [7, 11) is 0. The van der Waals surface area contributed by atoms with Crippen LogP contribution in [-0.2, 0) is 4.79 Å². The first kappa shape index (κ1) is 11.3. The van der Waals surface area contributed by atoms with Crippen LogP contribution in [0, 0.1) is 0 Å². The Labute approximate surface area is 71.1 Å². The quantitative estimate of drug-likeness (QED) is 0.234. The van der Waals surface area contributed by atoms with Crippen LogP contribution in [-0.4, -0.2) is 29.7 Å². The number of hydrogen-bond acceptors (Lipinski definition) is 5. The zero-order valence-corrected chi connectivity index (χ0v) is 6.92. The van der Waals surface area contributed by atoms with Gasteiger partial charge in [0.15, 0.2) is 0 Å². The Balaban J connectivity index is 4.08. The first-order valence-electron chi connectivity index (χ1n) is 3.72. The van der Waals surface area contributed by atoms with Gasteiger partial charge in [0, 0.05) is 6.54 Å². The third kappa shape index (κ3) is 3.14. The summed E-state index contributed by atoms with van der Waals surface area (Å²) in [5.74, 6) is 3.94. The number of nitrogens with two attached hydrogens (primary N) is 3. The molecule has 0 aromatic heterocycles. The van der Waals surface area contributed by atoms with E-state index in [2.05, 4.69) is 5.43 Å². The number of hydrazine groups is 1. The Morgan fingerprint density at radius 2 is 2.17 bits per heavy atom. The third-order valence-corrected chi connectivity index (χ3v) is 1.67. The molecule has 0 aliphatic carbocycles. The minimum atomic E-state index is -1.30. The normalized spacial score (nSPS) is 15.6. The summed E-state index contributed by atoms with van der Waals surface area (Å²) in [5.41, 5.74) is 11.7. The molecule has 0 amide bonds. The van der Waals surface area contributed by atoms with Gasteiger partial charge >= 0.3 is 5.97 Å². The lowest BCUT2D eigenvalue weighted by atomic mass is 9.95. The van der Waals surface area contributed by atoms with Gasteiger partial charge in [0.1, 0.15) is 5.54 Å².